The van der Waals surface area contributed by atoms with E-state index in [1.54, 1.807) is 0 Å². The van der Waals surface area contributed by atoms with Crippen LogP contribution in [0.1, 0.15) is 5.56 Å². The van der Waals surface area contributed by atoms with Crippen molar-refractivity contribution in [1.29, 1.82) is 0 Å². The van der Waals surface area contributed by atoms with Crippen molar-refractivity contribution in [3.63, 3.8) is 0 Å². The van der Waals surface area contributed by atoms with E-state index in [1.807, 2.05) is 0 Å². The summed E-state index contributed by atoms with van der Waals surface area (Å²) < 4.78 is 38.8. The predicted octanol–water partition coefficient (Wildman–Crippen LogP) is 3.70. The summed E-state index contributed by atoms with van der Waals surface area (Å²) in [6.07, 6.45) is -2.98. The van der Waals surface area contributed by atoms with Gasteiger partial charge in [-0.1, -0.05) is 16.8 Å². The van der Waals surface area contributed by atoms with Gasteiger partial charge >= 0.3 is 6.18 Å². The minimum Gasteiger partial charge on any atom is -0.218 e. The third-order valence-electron chi connectivity index (χ3n) is 1.99. The summed E-state index contributed by atoms with van der Waals surface area (Å²) in [5.41, 5.74) is -0.309. The Kier molecular flexibility index (Phi) is 3.13. The molecule has 2 aromatic rings. The maximum atomic E-state index is 12.4. The van der Waals surface area contributed by atoms with E-state index in [2.05, 4.69) is 26.2 Å². The van der Waals surface area contributed by atoms with Crippen molar-refractivity contribution in [3.8, 4) is 5.69 Å². The summed E-state index contributed by atoms with van der Waals surface area (Å²) >= 11 is 8.63. The Labute approximate surface area is 107 Å². The first-order valence-electron chi connectivity index (χ1n) is 4.33. The van der Waals surface area contributed by atoms with Gasteiger partial charge in [0.2, 0.25) is 0 Å². The normalized spacial score (nSPS) is 11.8. The molecular formula is C9H4BrClF3N3. The average molecular weight is 327 g/mol. The first-order chi connectivity index (χ1) is 7.88. The van der Waals surface area contributed by atoms with Gasteiger partial charge in [-0.2, -0.15) is 13.2 Å². The lowest BCUT2D eigenvalue weighted by Crippen LogP contribution is -2.06. The molecule has 17 heavy (non-hydrogen) atoms. The van der Waals surface area contributed by atoms with Crippen LogP contribution in [0, 0.1) is 0 Å². The van der Waals surface area contributed by atoms with Crippen molar-refractivity contribution in [2.24, 2.45) is 0 Å². The molecule has 2 rings (SSSR count). The molecule has 0 unspecified atom stereocenters. The number of halogens is 5. The maximum Gasteiger partial charge on any atom is 0.416 e. The number of rotatable bonds is 1. The van der Waals surface area contributed by atoms with E-state index >= 15 is 0 Å². The number of hydrogen-bond donors (Lipinski definition) is 0. The van der Waals surface area contributed by atoms with E-state index in [4.69, 9.17) is 11.6 Å². The maximum absolute atomic E-state index is 12.4. The molecule has 1 aromatic carbocycles. The third kappa shape index (κ3) is 2.61. The first-order valence-corrected chi connectivity index (χ1v) is 5.50. The predicted molar refractivity (Wildman–Crippen MR) is 59.1 cm³/mol. The van der Waals surface area contributed by atoms with Gasteiger partial charge in [-0.05, 0) is 34.1 Å². The highest BCUT2D eigenvalue weighted by atomic mass is 79.9. The lowest BCUT2D eigenvalue weighted by atomic mass is 10.2. The highest BCUT2D eigenvalue weighted by Gasteiger charge is 2.30. The van der Waals surface area contributed by atoms with Crippen molar-refractivity contribution in [2.75, 3.05) is 0 Å². The Hall–Kier alpha value is -1.08. The highest BCUT2D eigenvalue weighted by Crippen LogP contribution is 2.33. The van der Waals surface area contributed by atoms with E-state index in [9.17, 15) is 13.2 Å². The van der Waals surface area contributed by atoms with Gasteiger partial charge in [0.1, 0.15) is 0 Å². The van der Waals surface area contributed by atoms with E-state index < -0.39 is 11.7 Å². The fourth-order valence-corrected chi connectivity index (χ4v) is 1.92. The Bertz CT molecular complexity index is 553. The molecule has 8 heteroatoms. The molecule has 0 aliphatic carbocycles. The van der Waals surface area contributed by atoms with Crippen molar-refractivity contribution >= 4 is 27.5 Å². The van der Waals surface area contributed by atoms with Crippen LogP contribution in [0.4, 0.5) is 13.2 Å². The quantitative estimate of drug-likeness (QED) is 0.800. The molecule has 0 fully saturated rings. The van der Waals surface area contributed by atoms with E-state index in [0.717, 1.165) is 12.1 Å². The van der Waals surface area contributed by atoms with Crippen molar-refractivity contribution in [3.05, 3.63) is 39.6 Å². The van der Waals surface area contributed by atoms with Gasteiger partial charge in [-0.25, -0.2) is 4.68 Å². The molecule has 0 saturated carbocycles. The van der Waals surface area contributed by atoms with Crippen LogP contribution >= 0.6 is 27.5 Å². The van der Waals surface area contributed by atoms with Crippen LogP contribution in [0.5, 0.6) is 0 Å². The number of aromatic nitrogens is 3. The summed E-state index contributed by atoms with van der Waals surface area (Å²) in [6.45, 7) is 0. The summed E-state index contributed by atoms with van der Waals surface area (Å²) in [7, 11) is 0. The Morgan fingerprint density at radius 3 is 2.47 bits per heavy atom. The monoisotopic (exact) mass is 325 g/mol. The van der Waals surface area contributed by atoms with Gasteiger partial charge in [0, 0.05) is 4.47 Å². The van der Waals surface area contributed by atoms with E-state index in [1.165, 1.54) is 16.9 Å². The molecule has 1 aromatic heterocycles. The smallest absolute Gasteiger partial charge is 0.218 e. The van der Waals surface area contributed by atoms with Gasteiger partial charge < -0.3 is 0 Å². The zero-order valence-electron chi connectivity index (χ0n) is 8.04. The summed E-state index contributed by atoms with van der Waals surface area (Å²) in [5.74, 6) is 0. The van der Waals surface area contributed by atoms with Crippen LogP contribution in [-0.4, -0.2) is 15.0 Å². The van der Waals surface area contributed by atoms with Crippen LogP contribution in [0.2, 0.25) is 5.15 Å². The van der Waals surface area contributed by atoms with E-state index in [0.29, 0.717) is 5.69 Å². The van der Waals surface area contributed by atoms with Gasteiger partial charge in [0.15, 0.2) is 5.15 Å². The highest BCUT2D eigenvalue weighted by molar-refractivity contribution is 9.10. The standard InChI is InChI=1S/C9H4BrClF3N3/c10-6-3-5(9(12,13)14)1-2-7(6)17-4-8(11)15-16-17/h1-4H. The van der Waals surface area contributed by atoms with E-state index in [-0.39, 0.29) is 9.63 Å². The Balaban J connectivity index is 2.45. The zero-order chi connectivity index (χ0) is 12.6. The molecule has 3 nitrogen and oxygen atoms in total. The minimum atomic E-state index is -4.37. The summed E-state index contributed by atoms with van der Waals surface area (Å²) in [5, 5.41) is 7.37. The van der Waals surface area contributed by atoms with Crippen LogP contribution in [0.25, 0.3) is 5.69 Å². The van der Waals surface area contributed by atoms with Gasteiger partial charge in [0.25, 0.3) is 0 Å². The largest absolute Gasteiger partial charge is 0.416 e. The fourth-order valence-electron chi connectivity index (χ4n) is 1.23. The third-order valence-corrected chi connectivity index (χ3v) is 2.80. The first kappa shape index (κ1) is 12.4. The lowest BCUT2D eigenvalue weighted by Gasteiger charge is -2.09. The molecule has 1 heterocycles. The molecule has 0 radical (unpaired) electrons. The molecule has 0 bridgehead atoms. The van der Waals surface area contributed by atoms with Crippen molar-refractivity contribution in [2.45, 2.75) is 6.18 Å². The molecular weight excluding hydrogens is 322 g/mol. The molecule has 90 valence electrons. The van der Waals surface area contributed by atoms with Crippen LogP contribution < -0.4 is 0 Å². The second-order valence-corrected chi connectivity index (χ2v) is 4.39. The fraction of sp³-hybridized carbons (Fsp3) is 0.111. The molecule has 0 saturated heterocycles. The summed E-state index contributed by atoms with van der Waals surface area (Å²) in [6, 6.07) is 3.23. The minimum absolute atomic E-state index is 0.164. The SMILES string of the molecule is FC(F)(F)c1ccc(-n2cc(Cl)nn2)c(Br)c1. The summed E-state index contributed by atoms with van der Waals surface area (Å²) in [4.78, 5) is 0. The van der Waals surface area contributed by atoms with Gasteiger partial charge in [-0.15, -0.1) is 5.10 Å². The van der Waals surface area contributed by atoms with Crippen LogP contribution in [0.3, 0.4) is 0 Å². The van der Waals surface area contributed by atoms with Crippen molar-refractivity contribution < 1.29 is 13.2 Å². The number of alkyl halides is 3. The Morgan fingerprint density at radius 2 is 2.00 bits per heavy atom. The Morgan fingerprint density at radius 1 is 1.29 bits per heavy atom. The lowest BCUT2D eigenvalue weighted by molar-refractivity contribution is -0.137. The van der Waals surface area contributed by atoms with Crippen LogP contribution in [-0.2, 0) is 6.18 Å². The second-order valence-electron chi connectivity index (χ2n) is 3.15. The van der Waals surface area contributed by atoms with Crippen molar-refractivity contribution in [1.82, 2.24) is 15.0 Å². The second kappa shape index (κ2) is 4.30. The molecule has 0 spiro atoms. The van der Waals surface area contributed by atoms with Gasteiger partial charge in [0.05, 0.1) is 17.4 Å². The molecule has 0 atom stereocenters. The zero-order valence-corrected chi connectivity index (χ0v) is 10.4. The topological polar surface area (TPSA) is 30.7 Å². The molecule has 0 aliphatic heterocycles. The molecule has 0 N–H and O–H groups in total. The van der Waals surface area contributed by atoms with Crippen LogP contribution in [0.15, 0.2) is 28.9 Å². The average Bonchev–Trinajstić information content (AvgIpc) is 2.63. The molecule has 0 amide bonds. The number of nitrogens with zero attached hydrogens (tertiary/aromatic N) is 3. The number of hydrogen-bond acceptors (Lipinski definition) is 2. The van der Waals surface area contributed by atoms with Gasteiger partial charge in [-0.3, -0.25) is 0 Å². The molecule has 0 aliphatic rings. The number of benzene rings is 1.